The number of ether oxygens (including phenoxy) is 3. The van der Waals surface area contributed by atoms with E-state index in [4.69, 9.17) is 37.4 Å². The van der Waals surface area contributed by atoms with E-state index in [1.807, 2.05) is 18.2 Å². The minimum atomic E-state index is -1.06. The molecule has 0 atom stereocenters. The van der Waals surface area contributed by atoms with Crippen LogP contribution in [0, 0.1) is 0 Å². The number of carbonyl (C=O) groups excluding carboxylic acids is 1. The molecule has 200 valence electrons. The number of amides is 1. The van der Waals surface area contributed by atoms with Gasteiger partial charge in [-0.25, -0.2) is 0 Å². The number of benzene rings is 2. The van der Waals surface area contributed by atoms with Crippen molar-refractivity contribution in [3.05, 3.63) is 63.8 Å². The van der Waals surface area contributed by atoms with E-state index in [1.165, 1.54) is 11.6 Å². The molecule has 2 heterocycles. The summed E-state index contributed by atoms with van der Waals surface area (Å²) in [7, 11) is 1.55. The van der Waals surface area contributed by atoms with Gasteiger partial charge in [-0.05, 0) is 50.1 Å². The molecular formula is C28H34Cl2N2O5. The van der Waals surface area contributed by atoms with Crippen LogP contribution in [0.15, 0.2) is 42.7 Å². The molecule has 0 saturated carbocycles. The number of fused-ring (bicyclic) bond motifs is 1. The lowest BCUT2D eigenvalue weighted by Gasteiger charge is -2.38. The molecule has 2 aromatic rings. The first-order valence-corrected chi connectivity index (χ1v) is 13.2. The Bertz CT molecular complexity index is 1180. The van der Waals surface area contributed by atoms with Gasteiger partial charge in [0.25, 0.3) is 5.91 Å². The van der Waals surface area contributed by atoms with Gasteiger partial charge in [-0.15, -0.1) is 0 Å². The summed E-state index contributed by atoms with van der Waals surface area (Å²) >= 11 is 12.5. The van der Waals surface area contributed by atoms with Gasteiger partial charge >= 0.3 is 0 Å². The molecule has 0 unspecified atom stereocenters. The van der Waals surface area contributed by atoms with Crippen molar-refractivity contribution in [2.24, 2.45) is 0 Å². The minimum Gasteiger partial charge on any atom is -0.509 e. The number of halogens is 2. The predicted octanol–water partition coefficient (Wildman–Crippen LogP) is 5.82. The largest absolute Gasteiger partial charge is 0.509 e. The number of nitrogens with one attached hydrogen (secondary N) is 1. The van der Waals surface area contributed by atoms with Crippen molar-refractivity contribution in [1.29, 1.82) is 0 Å². The average Bonchev–Trinajstić information content (AvgIpc) is 3.20. The van der Waals surface area contributed by atoms with Crippen molar-refractivity contribution >= 4 is 29.1 Å². The van der Waals surface area contributed by atoms with Crippen LogP contribution < -0.4 is 19.5 Å². The van der Waals surface area contributed by atoms with E-state index in [0.717, 1.165) is 56.1 Å². The van der Waals surface area contributed by atoms with Crippen LogP contribution >= 0.6 is 23.2 Å². The van der Waals surface area contributed by atoms with Crippen LogP contribution in [0.2, 0.25) is 10.0 Å². The number of likely N-dealkylation sites (tertiary alicyclic amines) is 1. The first kappa shape index (κ1) is 27.4. The topological polar surface area (TPSA) is 80.3 Å². The fraction of sp³-hybridized carbons (Fsp3) is 0.464. The summed E-state index contributed by atoms with van der Waals surface area (Å²) in [5.41, 5.74) is 0.325. The van der Waals surface area contributed by atoms with E-state index in [9.17, 15) is 9.90 Å². The zero-order chi connectivity index (χ0) is 26.8. The highest BCUT2D eigenvalue weighted by molar-refractivity contribution is 6.32. The van der Waals surface area contributed by atoms with Crippen molar-refractivity contribution < 1.29 is 24.1 Å². The first-order chi connectivity index (χ1) is 17.5. The van der Waals surface area contributed by atoms with E-state index in [0.29, 0.717) is 23.7 Å². The van der Waals surface area contributed by atoms with E-state index < -0.39 is 5.60 Å². The van der Waals surface area contributed by atoms with Crippen LogP contribution in [0.5, 0.6) is 17.2 Å². The molecule has 9 heteroatoms. The van der Waals surface area contributed by atoms with Crippen molar-refractivity contribution in [1.82, 2.24) is 10.2 Å². The second kappa shape index (κ2) is 11.0. The van der Waals surface area contributed by atoms with E-state index in [1.54, 1.807) is 27.0 Å². The molecule has 1 spiro atoms. The van der Waals surface area contributed by atoms with Crippen molar-refractivity contribution in [3.63, 3.8) is 0 Å². The molecule has 2 aliphatic heterocycles. The maximum Gasteiger partial charge on any atom is 0.254 e. The van der Waals surface area contributed by atoms with Crippen LogP contribution in [0.4, 0.5) is 0 Å². The Morgan fingerprint density at radius 2 is 1.95 bits per heavy atom. The number of aliphatic hydroxyl groups excluding tert-OH is 1. The molecule has 1 fully saturated rings. The van der Waals surface area contributed by atoms with Gasteiger partial charge in [0, 0.05) is 57.0 Å². The molecule has 0 bridgehead atoms. The molecule has 2 aliphatic rings. The summed E-state index contributed by atoms with van der Waals surface area (Å²) in [6.07, 6.45) is 3.62. The van der Waals surface area contributed by atoms with Crippen LogP contribution in [0.25, 0.3) is 0 Å². The number of aliphatic hydroxyl groups is 1. The number of nitrogens with zero attached hydrogens (tertiary/aromatic N) is 1. The SMILES string of the molecule is C=C(O)C(C)(C)Oc1cc(OCCCN2CCC3(CC2)Cc2cc(Cl)ccc2O3)c(C(=O)NC)cc1Cl. The van der Waals surface area contributed by atoms with E-state index in [2.05, 4.69) is 16.8 Å². The third-order valence-electron chi connectivity index (χ3n) is 7.07. The number of piperidine rings is 1. The second-order valence-electron chi connectivity index (χ2n) is 10.2. The van der Waals surface area contributed by atoms with Crippen LogP contribution in [0.1, 0.15) is 49.0 Å². The third-order valence-corrected chi connectivity index (χ3v) is 7.60. The Morgan fingerprint density at radius 3 is 2.62 bits per heavy atom. The van der Waals surface area contributed by atoms with Gasteiger partial charge < -0.3 is 29.5 Å². The molecule has 2 aromatic carbocycles. The Balaban J connectivity index is 1.32. The summed E-state index contributed by atoms with van der Waals surface area (Å²) in [4.78, 5) is 14.8. The smallest absolute Gasteiger partial charge is 0.254 e. The Hall–Kier alpha value is -2.61. The van der Waals surface area contributed by atoms with Gasteiger partial charge in [-0.2, -0.15) is 0 Å². The molecule has 1 amide bonds. The maximum atomic E-state index is 12.4. The highest BCUT2D eigenvalue weighted by atomic mass is 35.5. The molecular weight excluding hydrogens is 515 g/mol. The normalized spacial score (nSPS) is 16.7. The van der Waals surface area contributed by atoms with Gasteiger partial charge in [0.15, 0.2) is 5.60 Å². The van der Waals surface area contributed by atoms with Gasteiger partial charge in [-0.1, -0.05) is 29.8 Å². The Labute approximate surface area is 228 Å². The van der Waals surface area contributed by atoms with Crippen molar-refractivity contribution in [2.75, 3.05) is 33.3 Å². The van der Waals surface area contributed by atoms with Gasteiger partial charge in [0.2, 0.25) is 0 Å². The average molecular weight is 549 g/mol. The van der Waals surface area contributed by atoms with Crippen molar-refractivity contribution in [3.8, 4) is 17.2 Å². The first-order valence-electron chi connectivity index (χ1n) is 12.5. The highest BCUT2D eigenvalue weighted by Gasteiger charge is 2.41. The summed E-state index contributed by atoms with van der Waals surface area (Å²) in [6, 6.07) is 8.96. The van der Waals surface area contributed by atoms with Gasteiger partial charge in [-0.3, -0.25) is 4.79 Å². The molecule has 2 N–H and O–H groups in total. The molecule has 0 aromatic heterocycles. The second-order valence-corrected chi connectivity index (χ2v) is 11.0. The fourth-order valence-electron chi connectivity index (χ4n) is 4.71. The molecule has 0 aliphatic carbocycles. The minimum absolute atomic E-state index is 0.129. The molecule has 4 rings (SSSR count). The number of hydrogen-bond donors (Lipinski definition) is 2. The molecule has 1 saturated heterocycles. The van der Waals surface area contributed by atoms with E-state index >= 15 is 0 Å². The van der Waals surface area contributed by atoms with Crippen molar-refractivity contribution in [2.45, 2.75) is 50.7 Å². The summed E-state index contributed by atoms with van der Waals surface area (Å²) in [6.45, 7) is 10.1. The third kappa shape index (κ3) is 6.28. The maximum absolute atomic E-state index is 12.4. The summed E-state index contributed by atoms with van der Waals surface area (Å²) in [5, 5.41) is 13.4. The molecule has 7 nitrogen and oxygen atoms in total. The lowest BCUT2D eigenvalue weighted by molar-refractivity contribution is 0.0183. The van der Waals surface area contributed by atoms with Crippen LogP contribution in [-0.2, 0) is 6.42 Å². The van der Waals surface area contributed by atoms with Crippen LogP contribution in [-0.4, -0.2) is 60.4 Å². The predicted molar refractivity (Wildman–Crippen MR) is 146 cm³/mol. The number of carbonyl (C=O) groups is 1. The Kier molecular flexibility index (Phi) is 8.17. The van der Waals surface area contributed by atoms with Gasteiger partial charge in [0.1, 0.15) is 28.6 Å². The van der Waals surface area contributed by atoms with E-state index in [-0.39, 0.29) is 22.3 Å². The lowest BCUT2D eigenvalue weighted by Crippen LogP contribution is -2.47. The summed E-state index contributed by atoms with van der Waals surface area (Å²) in [5.74, 6) is 1.17. The lowest BCUT2D eigenvalue weighted by atomic mass is 9.87. The fourth-order valence-corrected chi connectivity index (χ4v) is 5.11. The highest BCUT2D eigenvalue weighted by Crippen LogP contribution is 2.42. The molecule has 0 radical (unpaired) electrons. The monoisotopic (exact) mass is 548 g/mol. The quantitative estimate of drug-likeness (QED) is 0.303. The zero-order valence-electron chi connectivity index (χ0n) is 21.5. The van der Waals surface area contributed by atoms with Gasteiger partial charge in [0.05, 0.1) is 17.2 Å². The molecule has 37 heavy (non-hydrogen) atoms. The number of rotatable bonds is 9. The zero-order valence-corrected chi connectivity index (χ0v) is 23.0. The summed E-state index contributed by atoms with van der Waals surface area (Å²) < 4.78 is 18.2. The standard InChI is InChI=1S/C28H34Cl2N2O5/c1-18(33)27(2,3)36-25-16-24(21(15-22(25)30)26(34)31-4)35-13-5-10-32-11-8-28(9-12-32)17-19-14-20(29)6-7-23(19)37-28/h6-7,14-16,33H,1,5,8-13,17H2,2-4H3,(H,31,34). The van der Waals surface area contributed by atoms with Crippen LogP contribution in [0.3, 0.4) is 0 Å². The number of hydrogen-bond acceptors (Lipinski definition) is 6. The Morgan fingerprint density at radius 1 is 1.22 bits per heavy atom.